The fourth-order valence-electron chi connectivity index (χ4n) is 3.54. The molecule has 2 heterocycles. The molecule has 0 bridgehead atoms. The van der Waals surface area contributed by atoms with Crippen molar-refractivity contribution in [2.75, 3.05) is 34.8 Å². The van der Waals surface area contributed by atoms with Crippen molar-refractivity contribution in [2.24, 2.45) is 16.8 Å². The first-order valence-electron chi connectivity index (χ1n) is 12.9. The average molecular weight is 496 g/mol. The molecule has 1 aromatic carbocycles. The van der Waals surface area contributed by atoms with Gasteiger partial charge in [-0.25, -0.2) is 4.39 Å². The van der Waals surface area contributed by atoms with E-state index in [1.807, 2.05) is 52.0 Å². The summed E-state index contributed by atoms with van der Waals surface area (Å²) in [6.07, 6.45) is 8.34. The van der Waals surface area contributed by atoms with Gasteiger partial charge in [-0.15, -0.1) is 0 Å². The molecular weight excluding hydrogens is 449 g/mol. The lowest BCUT2D eigenvalue weighted by Crippen LogP contribution is -2.11. The van der Waals surface area contributed by atoms with Crippen LogP contribution in [0.2, 0.25) is 0 Å². The highest BCUT2D eigenvalue weighted by molar-refractivity contribution is 6.01. The molecule has 0 N–H and O–H groups in total. The van der Waals surface area contributed by atoms with E-state index in [0.29, 0.717) is 18.4 Å². The Kier molecular flexibility index (Phi) is 15.5. The molecule has 1 aliphatic heterocycles. The van der Waals surface area contributed by atoms with Crippen molar-refractivity contribution < 1.29 is 9.13 Å². The second-order valence-corrected chi connectivity index (χ2v) is 9.49. The largest absolute Gasteiger partial charge is 0.380 e. The van der Waals surface area contributed by atoms with E-state index in [-0.39, 0.29) is 5.83 Å². The SMILES string of the molecule is CCC1C=CC(F)=C1.CCc1ccccc1.CN(C)C.COCc1ccc(C2=NCCC2C)nc1C. The highest BCUT2D eigenvalue weighted by atomic mass is 19.1. The predicted molar refractivity (Wildman–Crippen MR) is 152 cm³/mol. The molecule has 1 aromatic heterocycles. The zero-order chi connectivity index (χ0) is 26.9. The van der Waals surface area contributed by atoms with E-state index in [2.05, 4.69) is 60.2 Å². The quantitative estimate of drug-likeness (QED) is 0.439. The highest BCUT2D eigenvalue weighted by Gasteiger charge is 2.19. The van der Waals surface area contributed by atoms with Crippen LogP contribution in [0.5, 0.6) is 0 Å². The molecule has 0 radical (unpaired) electrons. The van der Waals surface area contributed by atoms with E-state index in [1.165, 1.54) is 11.6 Å². The first kappa shape index (κ1) is 31.4. The lowest BCUT2D eigenvalue weighted by atomic mass is 10.0. The Bertz CT molecular complexity index is 964. The number of hydrogen-bond acceptors (Lipinski definition) is 4. The molecule has 4 nitrogen and oxygen atoms in total. The van der Waals surface area contributed by atoms with Gasteiger partial charge in [0.05, 0.1) is 18.0 Å². The van der Waals surface area contributed by atoms with Gasteiger partial charge in [-0.3, -0.25) is 9.98 Å². The number of hydrogen-bond donors (Lipinski definition) is 0. The van der Waals surface area contributed by atoms with E-state index >= 15 is 0 Å². The number of methoxy groups -OCH3 is 1. The number of allylic oxidation sites excluding steroid dienone is 4. The van der Waals surface area contributed by atoms with Gasteiger partial charge in [-0.2, -0.15) is 0 Å². The minimum atomic E-state index is -0.0862. The van der Waals surface area contributed by atoms with Crippen LogP contribution in [0.25, 0.3) is 0 Å². The Morgan fingerprint density at radius 3 is 2.11 bits per heavy atom. The Balaban J connectivity index is 0.000000273. The summed E-state index contributed by atoms with van der Waals surface area (Å²) < 4.78 is 17.3. The fraction of sp³-hybridized carbons (Fsp3) is 0.484. The molecule has 0 saturated heterocycles. The van der Waals surface area contributed by atoms with E-state index in [4.69, 9.17) is 4.74 Å². The van der Waals surface area contributed by atoms with Gasteiger partial charge in [-0.05, 0) is 82.6 Å². The molecule has 5 heteroatoms. The summed E-state index contributed by atoms with van der Waals surface area (Å²) in [5, 5.41) is 0. The Morgan fingerprint density at radius 1 is 1.06 bits per heavy atom. The number of nitrogens with zero attached hydrogens (tertiary/aromatic N) is 3. The molecule has 2 aromatic rings. The number of halogens is 1. The molecule has 36 heavy (non-hydrogen) atoms. The summed E-state index contributed by atoms with van der Waals surface area (Å²) in [5.74, 6) is 0.812. The highest BCUT2D eigenvalue weighted by Crippen LogP contribution is 2.20. The van der Waals surface area contributed by atoms with Gasteiger partial charge in [0.2, 0.25) is 0 Å². The Morgan fingerprint density at radius 2 is 1.72 bits per heavy atom. The molecule has 2 unspecified atom stereocenters. The zero-order valence-electron chi connectivity index (χ0n) is 23.6. The third kappa shape index (κ3) is 12.4. The van der Waals surface area contributed by atoms with Gasteiger partial charge in [-0.1, -0.05) is 63.2 Å². The van der Waals surface area contributed by atoms with Crippen LogP contribution in [0, 0.1) is 18.8 Å². The van der Waals surface area contributed by atoms with Crippen LogP contribution in [0.3, 0.4) is 0 Å². The molecule has 1 aliphatic carbocycles. The second-order valence-electron chi connectivity index (χ2n) is 9.49. The van der Waals surface area contributed by atoms with Crippen molar-refractivity contribution in [1.29, 1.82) is 0 Å². The first-order valence-corrected chi connectivity index (χ1v) is 12.9. The van der Waals surface area contributed by atoms with Crippen LogP contribution in [0.15, 0.2) is 71.5 Å². The third-order valence-corrected chi connectivity index (χ3v) is 5.67. The van der Waals surface area contributed by atoms with Crippen molar-refractivity contribution in [3.63, 3.8) is 0 Å². The third-order valence-electron chi connectivity index (χ3n) is 5.67. The predicted octanol–water partition coefficient (Wildman–Crippen LogP) is 7.23. The monoisotopic (exact) mass is 495 g/mol. The van der Waals surface area contributed by atoms with E-state index in [9.17, 15) is 4.39 Å². The average Bonchev–Trinajstić information content (AvgIpc) is 3.49. The number of benzene rings is 1. The van der Waals surface area contributed by atoms with Crippen LogP contribution in [-0.4, -0.2) is 50.4 Å². The molecule has 2 aliphatic rings. The Hall–Kier alpha value is -2.63. The van der Waals surface area contributed by atoms with Crippen LogP contribution < -0.4 is 0 Å². The number of rotatable bonds is 5. The molecule has 2 atom stereocenters. The fourth-order valence-corrected chi connectivity index (χ4v) is 3.54. The molecule has 0 spiro atoms. The van der Waals surface area contributed by atoms with Crippen molar-refractivity contribution >= 4 is 5.71 Å². The van der Waals surface area contributed by atoms with Gasteiger partial charge >= 0.3 is 0 Å². The summed E-state index contributed by atoms with van der Waals surface area (Å²) >= 11 is 0. The van der Waals surface area contributed by atoms with Gasteiger partial charge in [0.1, 0.15) is 5.83 Å². The normalized spacial score (nSPS) is 17.7. The van der Waals surface area contributed by atoms with Crippen LogP contribution in [-0.2, 0) is 17.8 Å². The summed E-state index contributed by atoms with van der Waals surface area (Å²) in [6, 6.07) is 14.6. The molecule has 0 amide bonds. The maximum Gasteiger partial charge on any atom is 0.119 e. The summed E-state index contributed by atoms with van der Waals surface area (Å²) in [7, 11) is 7.70. The van der Waals surface area contributed by atoms with Crippen LogP contribution in [0.1, 0.15) is 56.1 Å². The van der Waals surface area contributed by atoms with Crippen molar-refractivity contribution in [2.45, 2.75) is 53.6 Å². The van der Waals surface area contributed by atoms with Crippen molar-refractivity contribution in [3.8, 4) is 0 Å². The summed E-state index contributed by atoms with van der Waals surface area (Å²) in [5.41, 5.74) is 5.79. The zero-order valence-corrected chi connectivity index (χ0v) is 23.6. The molecule has 4 rings (SSSR count). The standard InChI is InChI=1S/C13H18N2O.C8H10.C7H9F.C3H9N/c1-9-6-7-14-13(9)12-5-4-11(8-16-3)10(2)15-12;1-2-8-6-4-3-5-7-8;1-2-6-3-4-7(8)5-6;1-4(2)3/h4-5,9H,6-8H2,1-3H3;3-7H,2H2,1H3;3-6H,2H2,1H3;1-3H3. The van der Waals surface area contributed by atoms with Crippen molar-refractivity contribution in [3.05, 3.63) is 89.0 Å². The Labute approximate surface area is 219 Å². The first-order chi connectivity index (χ1) is 17.2. The van der Waals surface area contributed by atoms with E-state index < -0.39 is 0 Å². The minimum Gasteiger partial charge on any atom is -0.380 e. The second kappa shape index (κ2) is 17.7. The molecule has 198 valence electrons. The van der Waals surface area contributed by atoms with Crippen molar-refractivity contribution in [1.82, 2.24) is 9.88 Å². The van der Waals surface area contributed by atoms with Gasteiger partial charge < -0.3 is 9.64 Å². The molecular formula is C31H46FN3O. The van der Waals surface area contributed by atoms with Gasteiger partial charge in [0.15, 0.2) is 0 Å². The number of aryl methyl sites for hydroxylation is 2. The lowest BCUT2D eigenvalue weighted by Gasteiger charge is -2.09. The van der Waals surface area contributed by atoms with E-state index in [1.54, 1.807) is 13.2 Å². The number of ether oxygens (including phenoxy) is 1. The van der Waals surface area contributed by atoms with E-state index in [0.717, 1.165) is 48.5 Å². The number of aromatic nitrogens is 1. The molecule has 0 saturated carbocycles. The topological polar surface area (TPSA) is 37.7 Å². The minimum absolute atomic E-state index is 0.0862. The van der Waals surface area contributed by atoms with Gasteiger partial charge in [0.25, 0.3) is 0 Å². The number of pyridine rings is 1. The maximum absolute atomic E-state index is 12.1. The smallest absolute Gasteiger partial charge is 0.119 e. The number of aliphatic imine (C=N–C) groups is 1. The van der Waals surface area contributed by atoms with Crippen LogP contribution >= 0.6 is 0 Å². The lowest BCUT2D eigenvalue weighted by molar-refractivity contribution is 0.184. The summed E-state index contributed by atoms with van der Waals surface area (Å²) in [6.45, 7) is 10.0. The summed E-state index contributed by atoms with van der Waals surface area (Å²) in [4.78, 5) is 11.1. The van der Waals surface area contributed by atoms with Gasteiger partial charge in [0, 0.05) is 25.3 Å². The maximum atomic E-state index is 12.1. The molecule has 0 fully saturated rings. The van der Waals surface area contributed by atoms with Crippen LogP contribution in [0.4, 0.5) is 4.39 Å².